The van der Waals surface area contributed by atoms with Gasteiger partial charge >= 0.3 is 5.97 Å². The van der Waals surface area contributed by atoms with Gasteiger partial charge in [-0.15, -0.1) is 0 Å². The second-order valence-electron chi connectivity index (χ2n) is 8.34. The molecular formula is C29H22Cl3NO3. The van der Waals surface area contributed by atoms with E-state index in [1.807, 2.05) is 54.6 Å². The number of carboxylic acid groups (broad SMARTS) is 1. The van der Waals surface area contributed by atoms with E-state index in [0.717, 1.165) is 22.3 Å². The van der Waals surface area contributed by atoms with Crippen molar-refractivity contribution in [2.75, 3.05) is 0 Å². The van der Waals surface area contributed by atoms with E-state index in [0.29, 0.717) is 15.1 Å². The largest absolute Gasteiger partial charge is 0.480 e. The summed E-state index contributed by atoms with van der Waals surface area (Å²) in [5.41, 5.74) is 3.84. The lowest BCUT2D eigenvalue weighted by atomic mass is 9.99. The maximum Gasteiger partial charge on any atom is 0.326 e. The molecule has 0 spiro atoms. The van der Waals surface area contributed by atoms with Crippen molar-refractivity contribution in [1.82, 2.24) is 4.90 Å². The molecule has 4 nitrogen and oxygen atoms in total. The van der Waals surface area contributed by atoms with E-state index in [9.17, 15) is 14.7 Å². The van der Waals surface area contributed by atoms with Crippen molar-refractivity contribution in [3.8, 4) is 11.1 Å². The molecule has 7 heteroatoms. The van der Waals surface area contributed by atoms with E-state index < -0.39 is 17.9 Å². The van der Waals surface area contributed by atoms with Gasteiger partial charge in [0.2, 0.25) is 0 Å². The second-order valence-corrected chi connectivity index (χ2v) is 9.65. The van der Waals surface area contributed by atoms with Crippen LogP contribution in [0.25, 0.3) is 11.1 Å². The Bertz CT molecular complexity index is 1340. The molecule has 0 aliphatic rings. The molecule has 0 heterocycles. The monoisotopic (exact) mass is 537 g/mol. The molecule has 1 amide bonds. The minimum absolute atomic E-state index is 0.0687. The van der Waals surface area contributed by atoms with Gasteiger partial charge in [-0.1, -0.05) is 102 Å². The molecule has 4 aromatic carbocycles. The highest BCUT2D eigenvalue weighted by Gasteiger charge is 2.31. The lowest BCUT2D eigenvalue weighted by Crippen LogP contribution is -2.46. The van der Waals surface area contributed by atoms with Crippen LogP contribution in [0.2, 0.25) is 15.1 Å². The first-order valence-corrected chi connectivity index (χ1v) is 12.3. The van der Waals surface area contributed by atoms with Crippen LogP contribution in [0.4, 0.5) is 0 Å². The molecule has 4 aromatic rings. The maximum atomic E-state index is 13.6. The normalized spacial score (nSPS) is 11.6. The van der Waals surface area contributed by atoms with Gasteiger partial charge in [0, 0.05) is 33.6 Å². The third kappa shape index (κ3) is 6.46. The average Bonchev–Trinajstić information content (AvgIpc) is 2.87. The summed E-state index contributed by atoms with van der Waals surface area (Å²) < 4.78 is 0. The summed E-state index contributed by atoms with van der Waals surface area (Å²) in [5, 5.41) is 11.3. The average molecular weight is 539 g/mol. The van der Waals surface area contributed by atoms with Gasteiger partial charge in [-0.25, -0.2) is 4.79 Å². The number of aliphatic carboxylic acids is 1. The van der Waals surface area contributed by atoms with Crippen LogP contribution in [-0.2, 0) is 17.8 Å². The van der Waals surface area contributed by atoms with Crippen molar-refractivity contribution in [2.24, 2.45) is 0 Å². The topological polar surface area (TPSA) is 57.6 Å². The van der Waals surface area contributed by atoms with Crippen LogP contribution in [0.3, 0.4) is 0 Å². The molecule has 0 saturated carbocycles. The molecule has 0 fully saturated rings. The summed E-state index contributed by atoms with van der Waals surface area (Å²) in [6.45, 7) is 0.0687. The molecule has 0 saturated heterocycles. The van der Waals surface area contributed by atoms with Crippen molar-refractivity contribution < 1.29 is 14.7 Å². The number of hydrogen-bond donors (Lipinski definition) is 1. The molecule has 1 atom stereocenters. The molecule has 182 valence electrons. The summed E-state index contributed by atoms with van der Waals surface area (Å²) in [7, 11) is 0. The van der Waals surface area contributed by atoms with E-state index >= 15 is 0 Å². The smallest absolute Gasteiger partial charge is 0.326 e. The first kappa shape index (κ1) is 25.8. The molecule has 0 aliphatic carbocycles. The number of carbonyl (C=O) groups excluding carboxylic acids is 1. The van der Waals surface area contributed by atoms with Crippen molar-refractivity contribution in [3.63, 3.8) is 0 Å². The third-order valence-electron chi connectivity index (χ3n) is 5.79. The fraction of sp³-hybridized carbons (Fsp3) is 0.103. The Balaban J connectivity index is 1.66. The van der Waals surface area contributed by atoms with Gasteiger partial charge in [-0.2, -0.15) is 0 Å². The summed E-state index contributed by atoms with van der Waals surface area (Å²) >= 11 is 18.3. The van der Waals surface area contributed by atoms with Crippen LogP contribution in [0, 0.1) is 0 Å². The van der Waals surface area contributed by atoms with Crippen LogP contribution in [0.5, 0.6) is 0 Å². The second kappa shape index (κ2) is 11.6. The number of amides is 1. The Hall–Kier alpha value is -3.31. The Morgan fingerprint density at radius 2 is 1.25 bits per heavy atom. The summed E-state index contributed by atoms with van der Waals surface area (Å²) in [6, 6.07) is 27.9. The maximum absolute atomic E-state index is 13.6. The highest BCUT2D eigenvalue weighted by molar-refractivity contribution is 6.35. The lowest BCUT2D eigenvalue weighted by molar-refractivity contribution is -0.142. The first-order chi connectivity index (χ1) is 17.3. The Morgan fingerprint density at radius 1 is 0.694 bits per heavy atom. The molecular weight excluding hydrogens is 517 g/mol. The molecule has 0 bridgehead atoms. The molecule has 0 aromatic heterocycles. The zero-order valence-corrected chi connectivity index (χ0v) is 21.3. The van der Waals surface area contributed by atoms with Crippen molar-refractivity contribution in [2.45, 2.75) is 19.0 Å². The molecule has 4 rings (SSSR count). The first-order valence-electron chi connectivity index (χ1n) is 11.2. The number of benzene rings is 4. The quantitative estimate of drug-likeness (QED) is 0.251. The standard InChI is InChI=1S/C29H22Cl3NO3/c30-24-12-8-20(9-13-24)18-33(28(34)23-15-25(31)17-26(32)16-23)27(29(35)36)14-19-6-10-22(11-7-19)21-4-2-1-3-5-21/h1-13,15-17,27H,14,18H2,(H,35,36)/t27-/m0/s1. The van der Waals surface area contributed by atoms with Gasteiger partial charge in [0.15, 0.2) is 0 Å². The molecule has 1 N–H and O–H groups in total. The predicted octanol–water partition coefficient (Wildman–Crippen LogP) is 7.65. The number of hydrogen-bond acceptors (Lipinski definition) is 2. The SMILES string of the molecule is O=C(O)[C@H](Cc1ccc(-c2ccccc2)cc1)N(Cc1ccc(Cl)cc1)C(=O)c1cc(Cl)cc(Cl)c1. The zero-order chi connectivity index (χ0) is 25.7. The van der Waals surface area contributed by atoms with Crippen LogP contribution >= 0.6 is 34.8 Å². The van der Waals surface area contributed by atoms with Crippen LogP contribution in [-0.4, -0.2) is 27.9 Å². The molecule has 0 aliphatic heterocycles. The van der Waals surface area contributed by atoms with E-state index in [4.69, 9.17) is 34.8 Å². The van der Waals surface area contributed by atoms with Crippen LogP contribution < -0.4 is 0 Å². The van der Waals surface area contributed by atoms with E-state index in [2.05, 4.69) is 0 Å². The molecule has 36 heavy (non-hydrogen) atoms. The summed E-state index contributed by atoms with van der Waals surface area (Å²) in [5.74, 6) is -1.60. The van der Waals surface area contributed by atoms with Crippen LogP contribution in [0.15, 0.2) is 97.1 Å². The van der Waals surface area contributed by atoms with Gasteiger partial charge < -0.3 is 10.0 Å². The van der Waals surface area contributed by atoms with Gasteiger partial charge in [-0.05, 0) is 52.6 Å². The summed E-state index contributed by atoms with van der Waals surface area (Å²) in [6.07, 6.45) is 0.123. The summed E-state index contributed by atoms with van der Waals surface area (Å²) in [4.78, 5) is 27.4. The molecule has 0 unspecified atom stereocenters. The third-order valence-corrected chi connectivity index (χ3v) is 6.48. The van der Waals surface area contributed by atoms with E-state index in [-0.39, 0.29) is 18.5 Å². The fourth-order valence-corrected chi connectivity index (χ4v) is 4.62. The minimum Gasteiger partial charge on any atom is -0.480 e. The zero-order valence-electron chi connectivity index (χ0n) is 19.1. The Kier molecular flexibility index (Phi) is 8.32. The number of carboxylic acids is 1. The highest BCUT2D eigenvalue weighted by Crippen LogP contribution is 2.25. The fourth-order valence-electron chi connectivity index (χ4n) is 3.97. The lowest BCUT2D eigenvalue weighted by Gasteiger charge is -2.30. The van der Waals surface area contributed by atoms with Gasteiger partial charge in [0.05, 0.1) is 0 Å². The number of rotatable bonds is 8. The predicted molar refractivity (Wildman–Crippen MR) is 145 cm³/mol. The van der Waals surface area contributed by atoms with Crippen LogP contribution in [0.1, 0.15) is 21.5 Å². The van der Waals surface area contributed by atoms with Crippen molar-refractivity contribution >= 4 is 46.7 Å². The highest BCUT2D eigenvalue weighted by atomic mass is 35.5. The molecule has 0 radical (unpaired) electrons. The number of nitrogens with zero attached hydrogens (tertiary/aromatic N) is 1. The van der Waals surface area contributed by atoms with Gasteiger partial charge in [0.25, 0.3) is 5.91 Å². The van der Waals surface area contributed by atoms with E-state index in [1.54, 1.807) is 24.3 Å². The Labute approximate surface area is 224 Å². The number of halogens is 3. The van der Waals surface area contributed by atoms with E-state index in [1.165, 1.54) is 23.1 Å². The minimum atomic E-state index is -1.13. The number of carbonyl (C=O) groups is 2. The van der Waals surface area contributed by atoms with Gasteiger partial charge in [-0.3, -0.25) is 4.79 Å². The van der Waals surface area contributed by atoms with Crippen molar-refractivity contribution in [1.29, 1.82) is 0 Å². The van der Waals surface area contributed by atoms with Gasteiger partial charge in [0.1, 0.15) is 6.04 Å². The Morgan fingerprint density at radius 3 is 1.83 bits per heavy atom. The van der Waals surface area contributed by atoms with Crippen molar-refractivity contribution in [3.05, 3.63) is 129 Å².